The molecule has 2 aliphatic heterocycles. The molecular weight excluding hydrogens is 688 g/mol. The zero-order chi connectivity index (χ0) is 35.1. The Kier molecular flexibility index (Phi) is 9.51. The summed E-state index contributed by atoms with van der Waals surface area (Å²) in [5, 5.41) is 16.5. The maximum atomic E-state index is 13.0. The van der Waals surface area contributed by atoms with E-state index in [2.05, 4.69) is 38.2 Å². The summed E-state index contributed by atoms with van der Waals surface area (Å²) in [5.74, 6) is 1.25. The second-order valence-corrected chi connectivity index (χ2v) is 15.5. The third-order valence-electron chi connectivity index (χ3n) is 10.6. The van der Waals surface area contributed by atoms with Gasteiger partial charge in [-0.3, -0.25) is 24.4 Å². The molecule has 12 nitrogen and oxygen atoms in total. The lowest BCUT2D eigenvalue weighted by Crippen LogP contribution is -2.52. The van der Waals surface area contributed by atoms with Crippen molar-refractivity contribution in [3.8, 4) is 17.0 Å². The summed E-state index contributed by atoms with van der Waals surface area (Å²) < 4.78 is 8.05. The van der Waals surface area contributed by atoms with Crippen molar-refractivity contribution in [1.82, 2.24) is 35.3 Å². The van der Waals surface area contributed by atoms with Gasteiger partial charge in [-0.1, -0.05) is 23.7 Å². The minimum absolute atomic E-state index is 0.160. The number of ether oxygens (including phenoxy) is 1. The lowest BCUT2D eigenvalue weighted by Gasteiger charge is -2.30. The molecule has 1 aromatic carbocycles. The fourth-order valence-corrected chi connectivity index (χ4v) is 8.53. The highest BCUT2D eigenvalue weighted by Crippen LogP contribution is 2.37. The molecule has 3 aromatic heterocycles. The summed E-state index contributed by atoms with van der Waals surface area (Å²) in [6, 6.07) is 8.24. The molecule has 3 N–H and O–H groups in total. The number of amides is 3. The van der Waals surface area contributed by atoms with E-state index in [1.807, 2.05) is 35.4 Å². The monoisotopic (exact) mass is 728 g/mol. The highest BCUT2D eigenvalue weighted by atomic mass is 35.5. The van der Waals surface area contributed by atoms with Gasteiger partial charge in [-0.2, -0.15) is 5.10 Å². The van der Waals surface area contributed by atoms with Gasteiger partial charge in [0.15, 0.2) is 0 Å². The smallest absolute Gasteiger partial charge is 0.256 e. The molecule has 4 aromatic rings. The SMILES string of the molecule is Cn1ncc(-c2nc(NC3CCC(NCc4ccc(OCc5scc6c5CN(C5CCC(=O)NC5=O)C6=O)cc4)CC3)ncc2Cl)c1CC1CC1. The van der Waals surface area contributed by atoms with Gasteiger partial charge in [-0.15, -0.1) is 11.3 Å². The van der Waals surface area contributed by atoms with Crippen LogP contribution in [0.5, 0.6) is 5.75 Å². The molecule has 3 amide bonds. The molecule has 1 saturated heterocycles. The zero-order valence-electron chi connectivity index (χ0n) is 28.5. The fourth-order valence-electron chi connectivity index (χ4n) is 7.39. The lowest BCUT2D eigenvalue weighted by atomic mass is 9.91. The first-order valence-electron chi connectivity index (χ1n) is 17.8. The maximum absolute atomic E-state index is 13.0. The largest absolute Gasteiger partial charge is 0.488 e. The number of carbonyl (C=O) groups is 3. The topological polar surface area (TPSA) is 143 Å². The zero-order valence-corrected chi connectivity index (χ0v) is 30.1. The number of halogens is 1. The molecule has 0 radical (unpaired) electrons. The van der Waals surface area contributed by atoms with E-state index in [0.29, 0.717) is 48.2 Å². The first-order chi connectivity index (χ1) is 24.8. The Bertz CT molecular complexity index is 1950. The van der Waals surface area contributed by atoms with Crippen LogP contribution in [-0.2, 0) is 42.8 Å². The van der Waals surface area contributed by atoms with Gasteiger partial charge in [0.05, 0.1) is 28.7 Å². The highest BCUT2D eigenvalue weighted by Gasteiger charge is 2.40. The predicted molar refractivity (Wildman–Crippen MR) is 193 cm³/mol. The molecular formula is C37H41ClN8O4S. The number of thiophene rings is 1. The van der Waals surface area contributed by atoms with Crippen LogP contribution in [0.25, 0.3) is 11.3 Å². The molecule has 2 aliphatic carbocycles. The number of anilines is 1. The standard InChI is InChI=1S/C37H41ClN8O4S/c1-45-31(14-21-2-3-21)26(16-41-45)34-29(38)17-40-37(44-34)42-24-8-6-23(7-9-24)39-15-22-4-10-25(11-5-22)50-19-32-27-18-46(36(49)28(27)20-51-32)30-12-13-33(47)43-35(30)48/h4-5,10-11,16-17,20-21,23-24,30,39H,2-3,6-9,12-15,18-19H2,1H3,(H,40,42,44)(H,43,47,48). The van der Waals surface area contributed by atoms with Gasteiger partial charge < -0.3 is 20.3 Å². The first-order valence-corrected chi connectivity index (χ1v) is 19.0. The Morgan fingerprint density at radius 3 is 2.55 bits per heavy atom. The Labute approximate surface area is 305 Å². The highest BCUT2D eigenvalue weighted by molar-refractivity contribution is 7.10. The molecule has 51 heavy (non-hydrogen) atoms. The van der Waals surface area contributed by atoms with E-state index >= 15 is 0 Å². The number of imide groups is 1. The van der Waals surface area contributed by atoms with E-state index in [0.717, 1.165) is 72.0 Å². The number of rotatable bonds is 12. The van der Waals surface area contributed by atoms with E-state index < -0.39 is 11.9 Å². The van der Waals surface area contributed by atoms with Gasteiger partial charge in [-0.25, -0.2) is 9.97 Å². The molecule has 1 atom stereocenters. The number of fused-ring (bicyclic) bond motifs is 1. The van der Waals surface area contributed by atoms with Crippen molar-refractivity contribution in [3.05, 3.63) is 74.3 Å². The Hall–Kier alpha value is -4.33. The van der Waals surface area contributed by atoms with E-state index in [9.17, 15) is 14.4 Å². The van der Waals surface area contributed by atoms with Crippen molar-refractivity contribution in [2.75, 3.05) is 5.32 Å². The van der Waals surface area contributed by atoms with Gasteiger partial charge in [0.1, 0.15) is 18.4 Å². The Morgan fingerprint density at radius 2 is 1.78 bits per heavy atom. The van der Waals surface area contributed by atoms with Gasteiger partial charge in [0.25, 0.3) is 5.91 Å². The lowest BCUT2D eigenvalue weighted by molar-refractivity contribution is -0.136. The van der Waals surface area contributed by atoms with Crippen LogP contribution in [0.1, 0.15) is 83.4 Å². The predicted octanol–water partition coefficient (Wildman–Crippen LogP) is 5.40. The van der Waals surface area contributed by atoms with Crippen LogP contribution in [0.4, 0.5) is 5.95 Å². The number of aromatic nitrogens is 4. The number of aryl methyl sites for hydroxylation is 1. The van der Waals surface area contributed by atoms with E-state index in [1.54, 1.807) is 11.1 Å². The summed E-state index contributed by atoms with van der Waals surface area (Å²) >= 11 is 8.08. The molecule has 1 unspecified atom stereocenters. The summed E-state index contributed by atoms with van der Waals surface area (Å²) in [7, 11) is 1.98. The van der Waals surface area contributed by atoms with Gasteiger partial charge in [0.2, 0.25) is 17.8 Å². The molecule has 14 heteroatoms. The van der Waals surface area contributed by atoms with Crippen LogP contribution in [-0.4, -0.2) is 60.5 Å². The van der Waals surface area contributed by atoms with E-state index in [4.69, 9.17) is 21.3 Å². The number of nitrogens with one attached hydrogen (secondary N) is 3. The quantitative estimate of drug-likeness (QED) is 0.164. The fraction of sp³-hybridized carbons (Fsp3) is 0.459. The van der Waals surface area contributed by atoms with Crippen LogP contribution in [0, 0.1) is 5.92 Å². The summed E-state index contributed by atoms with van der Waals surface area (Å²) in [6.45, 7) is 1.48. The van der Waals surface area contributed by atoms with E-state index in [-0.39, 0.29) is 18.2 Å². The summed E-state index contributed by atoms with van der Waals surface area (Å²) in [5.41, 5.74) is 5.64. The molecule has 5 heterocycles. The Balaban J connectivity index is 0.790. The average Bonchev–Trinajstić information content (AvgIpc) is 3.63. The van der Waals surface area contributed by atoms with E-state index in [1.165, 1.54) is 35.4 Å². The molecule has 0 spiro atoms. The van der Waals surface area contributed by atoms with Crippen molar-refractivity contribution in [1.29, 1.82) is 0 Å². The number of hydrogen-bond acceptors (Lipinski definition) is 10. The van der Waals surface area contributed by atoms with Crippen molar-refractivity contribution in [2.45, 2.75) is 95.6 Å². The first kappa shape index (κ1) is 33.8. The molecule has 8 rings (SSSR count). The molecule has 2 saturated carbocycles. The molecule has 4 aliphatic rings. The summed E-state index contributed by atoms with van der Waals surface area (Å²) in [4.78, 5) is 48.8. The number of hydrogen-bond donors (Lipinski definition) is 3. The normalized spacial score (nSPS) is 21.9. The third-order valence-corrected chi connectivity index (χ3v) is 11.9. The van der Waals surface area contributed by atoms with Crippen LogP contribution >= 0.6 is 22.9 Å². The van der Waals surface area contributed by atoms with Crippen LogP contribution < -0.4 is 20.7 Å². The van der Waals surface area contributed by atoms with Gasteiger partial charge >= 0.3 is 0 Å². The second kappa shape index (κ2) is 14.4. The van der Waals surface area contributed by atoms with Gasteiger partial charge in [0, 0.05) is 65.7 Å². The second-order valence-electron chi connectivity index (χ2n) is 14.1. The number of nitrogens with zero attached hydrogens (tertiary/aromatic N) is 5. The number of carbonyl (C=O) groups excluding carboxylic acids is 3. The number of piperidine rings is 1. The van der Waals surface area contributed by atoms with Crippen LogP contribution in [0.15, 0.2) is 42.0 Å². The molecule has 266 valence electrons. The van der Waals surface area contributed by atoms with Crippen LogP contribution in [0.3, 0.4) is 0 Å². The number of benzene rings is 1. The van der Waals surface area contributed by atoms with Gasteiger partial charge in [-0.05, 0) is 75.0 Å². The van der Waals surface area contributed by atoms with Crippen molar-refractivity contribution < 1.29 is 19.1 Å². The van der Waals surface area contributed by atoms with Crippen LogP contribution in [0.2, 0.25) is 5.02 Å². The average molecular weight is 729 g/mol. The molecule has 3 fully saturated rings. The Morgan fingerprint density at radius 1 is 1.00 bits per heavy atom. The maximum Gasteiger partial charge on any atom is 0.256 e. The molecule has 0 bridgehead atoms. The van der Waals surface area contributed by atoms with Crippen molar-refractivity contribution in [3.63, 3.8) is 0 Å². The minimum Gasteiger partial charge on any atom is -0.488 e. The third kappa shape index (κ3) is 7.38. The minimum atomic E-state index is -0.616. The van der Waals surface area contributed by atoms with Crippen molar-refractivity contribution >= 4 is 46.6 Å². The van der Waals surface area contributed by atoms with Crippen molar-refractivity contribution in [2.24, 2.45) is 13.0 Å². The summed E-state index contributed by atoms with van der Waals surface area (Å²) in [6.07, 6.45) is 11.9.